The summed E-state index contributed by atoms with van der Waals surface area (Å²) in [6.07, 6.45) is 0.481. The summed E-state index contributed by atoms with van der Waals surface area (Å²) in [5, 5.41) is 0. The van der Waals surface area contributed by atoms with E-state index in [1.807, 2.05) is 0 Å². The Morgan fingerprint density at radius 2 is 1.94 bits per heavy atom. The third-order valence-corrected chi connectivity index (χ3v) is 13.3. The molecule has 0 heterocycles. The highest BCUT2D eigenvalue weighted by molar-refractivity contribution is 8.61. The highest BCUT2D eigenvalue weighted by Crippen LogP contribution is 2.65. The van der Waals surface area contributed by atoms with Gasteiger partial charge in [-0.1, -0.05) is 7.96 Å². The van der Waals surface area contributed by atoms with E-state index in [4.69, 9.17) is 5.73 Å². The van der Waals surface area contributed by atoms with Crippen LogP contribution in [0.15, 0.2) is 29.2 Å². The summed E-state index contributed by atoms with van der Waals surface area (Å²) in [6.45, 7) is 0. The van der Waals surface area contributed by atoms with Gasteiger partial charge in [-0.05, 0) is 31.6 Å². The summed E-state index contributed by atoms with van der Waals surface area (Å²) in [7, 11) is 2.23. The zero-order valence-electron chi connectivity index (χ0n) is 8.42. The molecule has 1 aromatic carbocycles. The summed E-state index contributed by atoms with van der Waals surface area (Å²) < 4.78 is 26.2. The lowest BCUT2D eigenvalue weighted by molar-refractivity contribution is 0.587. The molecule has 0 aliphatic rings. The first-order valence-electron chi connectivity index (χ1n) is 4.29. The van der Waals surface area contributed by atoms with Gasteiger partial charge in [-0.2, -0.15) is 0 Å². The fourth-order valence-corrected chi connectivity index (χ4v) is 5.27. The topological polar surface area (TPSA) is 72.2 Å². The second-order valence-electron chi connectivity index (χ2n) is 2.97. The maximum Gasteiger partial charge on any atom is 0.240 e. The van der Waals surface area contributed by atoms with Gasteiger partial charge in [0.25, 0.3) is 0 Å². The molecule has 0 saturated carbocycles. The van der Waals surface area contributed by atoms with Gasteiger partial charge in [0.1, 0.15) is 0 Å². The van der Waals surface area contributed by atoms with Crippen LogP contribution in [0.25, 0.3) is 0 Å². The van der Waals surface area contributed by atoms with Crippen molar-refractivity contribution in [3.05, 3.63) is 24.3 Å². The lowest BCUT2D eigenvalue weighted by Crippen LogP contribution is -2.22. The number of benzene rings is 1. The van der Waals surface area contributed by atoms with Crippen LogP contribution in [0.2, 0.25) is 0 Å². The maximum absolute atomic E-state index is 11.8. The van der Waals surface area contributed by atoms with Crippen molar-refractivity contribution in [1.82, 2.24) is 4.72 Å². The largest absolute Gasteiger partial charge is 0.399 e. The number of nitrogens with one attached hydrogen (secondary N) is 1. The number of rotatable bonds is 5. The van der Waals surface area contributed by atoms with Crippen LogP contribution in [0.3, 0.4) is 0 Å². The Bertz CT molecular complexity index is 436. The standard InChI is InChI=1S/C7H14N2O2P4S/c8-6-1-3-7(4-2-6)16(10,11)9-5-15(13)14-12/h1-4,9,14H,5,8,12-13H2. The van der Waals surface area contributed by atoms with E-state index in [9.17, 15) is 8.42 Å². The van der Waals surface area contributed by atoms with Crippen LogP contribution >= 0.6 is 33.1 Å². The molecule has 0 aromatic heterocycles. The molecule has 0 aliphatic carbocycles. The first-order valence-corrected chi connectivity index (χ1v) is 12.6. The average molecular weight is 314 g/mol. The summed E-state index contributed by atoms with van der Waals surface area (Å²) in [5.41, 5.74) is 6.05. The Hall–Kier alpha value is 0.650. The van der Waals surface area contributed by atoms with E-state index in [2.05, 4.69) is 22.6 Å². The van der Waals surface area contributed by atoms with Crippen molar-refractivity contribution in [1.29, 1.82) is 0 Å². The molecular weight excluding hydrogens is 300 g/mol. The molecule has 3 N–H and O–H groups in total. The molecule has 4 nitrogen and oxygen atoms in total. The minimum Gasteiger partial charge on any atom is -0.399 e. The predicted molar refractivity (Wildman–Crippen MR) is 80.7 cm³/mol. The predicted octanol–water partition coefficient (Wildman–Crippen LogP) is 2.16. The Morgan fingerprint density at radius 3 is 2.44 bits per heavy atom. The molecule has 4 atom stereocenters. The fourth-order valence-electron chi connectivity index (χ4n) is 0.930. The zero-order valence-corrected chi connectivity index (χ0v) is 13.4. The number of sulfonamides is 1. The van der Waals surface area contributed by atoms with Gasteiger partial charge in [0.15, 0.2) is 0 Å². The quantitative estimate of drug-likeness (QED) is 0.646. The fraction of sp³-hybridized carbons (Fsp3) is 0.143. The molecule has 0 fully saturated rings. The molecule has 1 aromatic rings. The second kappa shape index (κ2) is 6.55. The van der Waals surface area contributed by atoms with Crippen molar-refractivity contribution in [2.45, 2.75) is 4.90 Å². The van der Waals surface area contributed by atoms with Crippen molar-refractivity contribution in [2.75, 3.05) is 12.0 Å². The molecular formula is C7H14N2O2P4S. The molecule has 16 heavy (non-hydrogen) atoms. The molecule has 0 amide bonds. The Balaban J connectivity index is 2.74. The van der Waals surface area contributed by atoms with E-state index >= 15 is 0 Å². The number of anilines is 1. The van der Waals surface area contributed by atoms with Gasteiger partial charge in [-0.3, -0.25) is 0 Å². The number of nitrogens with two attached hydrogens (primary N) is 1. The monoisotopic (exact) mass is 314 g/mol. The molecule has 90 valence electrons. The Morgan fingerprint density at radius 1 is 1.38 bits per heavy atom. The molecule has 4 unspecified atom stereocenters. The minimum absolute atomic E-state index is 0.252. The number of nitrogen functional groups attached to an aromatic ring is 1. The van der Waals surface area contributed by atoms with Gasteiger partial charge in [0, 0.05) is 12.0 Å². The average Bonchev–Trinajstić information content (AvgIpc) is 2.26. The summed E-state index contributed by atoms with van der Waals surface area (Å²) in [4.78, 5) is 0.252. The molecule has 1 rings (SSSR count). The van der Waals surface area contributed by atoms with Crippen LogP contribution in [0.1, 0.15) is 0 Å². The Labute approximate surface area is 103 Å². The van der Waals surface area contributed by atoms with Gasteiger partial charge in [0.05, 0.1) is 4.90 Å². The van der Waals surface area contributed by atoms with E-state index in [0.717, 1.165) is 0 Å². The van der Waals surface area contributed by atoms with Gasteiger partial charge < -0.3 is 5.73 Å². The Kier molecular flexibility index (Phi) is 6.02. The van der Waals surface area contributed by atoms with Crippen LogP contribution in [0.5, 0.6) is 0 Å². The van der Waals surface area contributed by atoms with Crippen molar-refractivity contribution in [3.63, 3.8) is 0 Å². The van der Waals surface area contributed by atoms with E-state index < -0.39 is 10.0 Å². The van der Waals surface area contributed by atoms with E-state index in [1.54, 1.807) is 12.1 Å². The molecule has 0 bridgehead atoms. The van der Waals surface area contributed by atoms with Crippen LogP contribution in [-0.4, -0.2) is 14.7 Å². The molecule has 0 aliphatic heterocycles. The number of hydrogen-bond donors (Lipinski definition) is 2. The van der Waals surface area contributed by atoms with Crippen molar-refractivity contribution < 1.29 is 8.42 Å². The summed E-state index contributed by atoms with van der Waals surface area (Å²) >= 11 is 0. The zero-order chi connectivity index (χ0) is 12.2. The van der Waals surface area contributed by atoms with Crippen molar-refractivity contribution in [3.8, 4) is 0 Å². The maximum atomic E-state index is 11.8. The molecule has 0 saturated heterocycles. The van der Waals surface area contributed by atoms with E-state index in [1.165, 1.54) is 12.1 Å². The molecule has 0 spiro atoms. The second-order valence-corrected chi connectivity index (χ2v) is 14.5. The smallest absolute Gasteiger partial charge is 0.240 e. The highest BCUT2D eigenvalue weighted by Gasteiger charge is 2.14. The number of hydrogen-bond acceptors (Lipinski definition) is 3. The van der Waals surface area contributed by atoms with E-state index in [-0.39, 0.29) is 12.2 Å². The third-order valence-electron chi connectivity index (χ3n) is 1.78. The van der Waals surface area contributed by atoms with Crippen molar-refractivity contribution in [2.24, 2.45) is 0 Å². The van der Waals surface area contributed by atoms with Gasteiger partial charge in [0.2, 0.25) is 10.0 Å². The van der Waals surface area contributed by atoms with Gasteiger partial charge >= 0.3 is 0 Å². The first kappa shape index (κ1) is 14.7. The highest BCUT2D eigenvalue weighted by atomic mass is 32.6. The lowest BCUT2D eigenvalue weighted by Gasteiger charge is -2.11. The van der Waals surface area contributed by atoms with Crippen molar-refractivity contribution >= 4 is 48.8 Å². The summed E-state index contributed by atoms with van der Waals surface area (Å²) in [5.74, 6) is 0. The normalized spacial score (nSPS) is 14.4. The molecule has 9 heteroatoms. The third kappa shape index (κ3) is 4.49. The minimum atomic E-state index is -3.39. The van der Waals surface area contributed by atoms with Crippen LogP contribution < -0.4 is 10.5 Å². The lowest BCUT2D eigenvalue weighted by atomic mass is 10.3. The van der Waals surface area contributed by atoms with Crippen LogP contribution in [0.4, 0.5) is 5.69 Å². The van der Waals surface area contributed by atoms with E-state index in [0.29, 0.717) is 19.9 Å². The first-order chi connectivity index (χ1) is 7.45. The SMILES string of the molecule is Nc1ccc(S(=O)(=O)NCP(P)PP)cc1. The molecule has 0 radical (unpaired) electrons. The van der Waals surface area contributed by atoms with Crippen LogP contribution in [-0.2, 0) is 10.0 Å². The van der Waals surface area contributed by atoms with Gasteiger partial charge in [-0.25, -0.2) is 13.1 Å². The van der Waals surface area contributed by atoms with Crippen LogP contribution in [0, 0.1) is 0 Å². The summed E-state index contributed by atoms with van der Waals surface area (Å²) in [6, 6.07) is 6.17. The van der Waals surface area contributed by atoms with Gasteiger partial charge in [-0.15, -0.1) is 17.9 Å².